The van der Waals surface area contributed by atoms with Crippen LogP contribution in [-0.4, -0.2) is 37.1 Å². The largest absolute Gasteiger partial charge is 0.494 e. The quantitative estimate of drug-likeness (QED) is 0.221. The Morgan fingerprint density at radius 3 is 2.14 bits per heavy atom. The van der Waals surface area contributed by atoms with Gasteiger partial charge in [-0.15, -0.1) is 0 Å². The van der Waals surface area contributed by atoms with Crippen LogP contribution in [0.25, 0.3) is 0 Å². The molecule has 0 bridgehead atoms. The van der Waals surface area contributed by atoms with Crippen molar-refractivity contribution in [2.24, 2.45) is 5.73 Å². The van der Waals surface area contributed by atoms with E-state index in [-0.39, 0.29) is 13.2 Å². The molecule has 0 unspecified atom stereocenters. The van der Waals surface area contributed by atoms with Gasteiger partial charge in [0.15, 0.2) is 0 Å². The van der Waals surface area contributed by atoms with E-state index in [9.17, 15) is 9.59 Å². The molecule has 7 nitrogen and oxygen atoms in total. The molecule has 0 saturated heterocycles. The lowest BCUT2D eigenvalue weighted by atomic mass is 9.97. The summed E-state index contributed by atoms with van der Waals surface area (Å²) in [6.07, 6.45) is 2.63. The van der Waals surface area contributed by atoms with E-state index in [1.807, 2.05) is 60.7 Å². The number of hydrogen-bond acceptors (Lipinski definition) is 5. The first-order valence-corrected chi connectivity index (χ1v) is 12.3. The molecule has 190 valence electrons. The molecule has 0 aliphatic rings. The van der Waals surface area contributed by atoms with Crippen molar-refractivity contribution < 1.29 is 19.1 Å². The van der Waals surface area contributed by atoms with Gasteiger partial charge in [0.1, 0.15) is 5.75 Å². The molecule has 0 aliphatic carbocycles. The van der Waals surface area contributed by atoms with Gasteiger partial charge in [-0.2, -0.15) is 0 Å². The molecule has 0 saturated carbocycles. The Morgan fingerprint density at radius 2 is 1.53 bits per heavy atom. The van der Waals surface area contributed by atoms with Crippen LogP contribution >= 0.6 is 0 Å². The van der Waals surface area contributed by atoms with Gasteiger partial charge in [0.2, 0.25) is 11.4 Å². The zero-order valence-electron chi connectivity index (χ0n) is 20.7. The van der Waals surface area contributed by atoms with Crippen molar-refractivity contribution in [1.29, 1.82) is 0 Å². The first-order chi connectivity index (χ1) is 17.5. The fourth-order valence-electron chi connectivity index (χ4n) is 3.63. The number of hydrogen-bond donors (Lipinski definition) is 3. The van der Waals surface area contributed by atoms with Crippen LogP contribution in [0.4, 0.5) is 5.69 Å². The second kappa shape index (κ2) is 14.0. The molecule has 3 aromatic carbocycles. The van der Waals surface area contributed by atoms with E-state index in [0.717, 1.165) is 29.7 Å². The number of anilines is 1. The molecule has 0 fully saturated rings. The average Bonchev–Trinajstić information content (AvgIpc) is 2.90. The van der Waals surface area contributed by atoms with Crippen LogP contribution in [-0.2, 0) is 27.4 Å². The van der Waals surface area contributed by atoms with E-state index < -0.39 is 17.4 Å². The number of primary amides is 1. The van der Waals surface area contributed by atoms with Gasteiger partial charge in [-0.3, -0.25) is 14.9 Å². The zero-order chi connectivity index (χ0) is 25.6. The van der Waals surface area contributed by atoms with Gasteiger partial charge in [-0.05, 0) is 48.2 Å². The van der Waals surface area contributed by atoms with E-state index in [1.165, 1.54) is 0 Å². The highest BCUT2D eigenvalue weighted by Crippen LogP contribution is 2.19. The molecule has 2 amide bonds. The smallest absolute Gasteiger partial charge is 0.256 e. The molecule has 36 heavy (non-hydrogen) atoms. The summed E-state index contributed by atoms with van der Waals surface area (Å²) in [7, 11) is 0. The molecule has 4 N–H and O–H groups in total. The number of benzene rings is 3. The maximum Gasteiger partial charge on any atom is 0.256 e. The first-order valence-electron chi connectivity index (χ1n) is 12.3. The maximum atomic E-state index is 13.5. The summed E-state index contributed by atoms with van der Waals surface area (Å²) in [5.41, 5.74) is 6.60. The van der Waals surface area contributed by atoms with Crippen molar-refractivity contribution in [1.82, 2.24) is 5.32 Å². The Balaban J connectivity index is 1.72. The Morgan fingerprint density at radius 1 is 0.889 bits per heavy atom. The van der Waals surface area contributed by atoms with Gasteiger partial charge in [0, 0.05) is 12.2 Å². The van der Waals surface area contributed by atoms with Gasteiger partial charge in [-0.25, -0.2) is 0 Å². The highest BCUT2D eigenvalue weighted by molar-refractivity contribution is 6.14. The summed E-state index contributed by atoms with van der Waals surface area (Å²) in [4.78, 5) is 26.2. The molecule has 0 aliphatic heterocycles. The number of amides is 2. The van der Waals surface area contributed by atoms with Crippen molar-refractivity contribution >= 4 is 17.5 Å². The van der Waals surface area contributed by atoms with Crippen LogP contribution in [0, 0.1) is 0 Å². The lowest BCUT2D eigenvalue weighted by Gasteiger charge is -2.30. The van der Waals surface area contributed by atoms with E-state index in [4.69, 9.17) is 15.2 Å². The summed E-state index contributed by atoms with van der Waals surface area (Å²) in [6.45, 7) is 3.13. The van der Waals surface area contributed by atoms with E-state index in [1.54, 1.807) is 24.3 Å². The average molecular weight is 490 g/mol. The predicted molar refractivity (Wildman–Crippen MR) is 142 cm³/mol. The molecular weight excluding hydrogens is 454 g/mol. The third kappa shape index (κ3) is 7.93. The predicted octanol–water partition coefficient (Wildman–Crippen LogP) is 4.08. The van der Waals surface area contributed by atoms with Crippen molar-refractivity contribution in [2.45, 2.75) is 38.3 Å². The molecule has 0 spiro atoms. The molecular formula is C29H35N3O4. The van der Waals surface area contributed by atoms with Gasteiger partial charge in [0.25, 0.3) is 5.91 Å². The fourth-order valence-corrected chi connectivity index (χ4v) is 3.63. The lowest BCUT2D eigenvalue weighted by molar-refractivity contribution is -0.138. The standard InChI is InChI=1S/C29H35N3O4/c1-2-3-20-36-26-16-14-25(15-17-26)32-28(34)29(27(30)33,22-35-21-24-12-8-5-9-13-24)31-19-18-23-10-6-4-7-11-23/h4-17,31H,2-3,18-22H2,1H3,(H2,30,33)(H,32,34)/t29-/m0/s1. The van der Waals surface area contributed by atoms with Crippen molar-refractivity contribution in [3.05, 3.63) is 96.1 Å². The van der Waals surface area contributed by atoms with E-state index in [2.05, 4.69) is 17.6 Å². The monoisotopic (exact) mass is 489 g/mol. The van der Waals surface area contributed by atoms with Crippen LogP contribution in [0.3, 0.4) is 0 Å². The summed E-state index contributed by atoms with van der Waals surface area (Å²) >= 11 is 0. The van der Waals surface area contributed by atoms with Crippen molar-refractivity contribution in [3.8, 4) is 5.75 Å². The van der Waals surface area contributed by atoms with E-state index >= 15 is 0 Å². The van der Waals surface area contributed by atoms with Crippen LogP contribution in [0.2, 0.25) is 0 Å². The Bertz CT molecular complexity index is 1030. The zero-order valence-corrected chi connectivity index (χ0v) is 20.7. The van der Waals surface area contributed by atoms with Crippen LogP contribution in [0.5, 0.6) is 5.75 Å². The number of nitrogens with two attached hydrogens (primary N) is 1. The summed E-state index contributed by atoms with van der Waals surface area (Å²) < 4.78 is 11.5. The van der Waals surface area contributed by atoms with Crippen LogP contribution < -0.4 is 21.1 Å². The summed E-state index contributed by atoms with van der Waals surface area (Å²) in [5, 5.41) is 5.92. The summed E-state index contributed by atoms with van der Waals surface area (Å²) in [6, 6.07) is 26.4. The fraction of sp³-hybridized carbons (Fsp3) is 0.310. The van der Waals surface area contributed by atoms with Gasteiger partial charge in [-0.1, -0.05) is 74.0 Å². The second-order valence-corrected chi connectivity index (χ2v) is 8.59. The normalized spacial score (nSPS) is 12.5. The molecule has 0 heterocycles. The van der Waals surface area contributed by atoms with Crippen molar-refractivity contribution in [3.63, 3.8) is 0 Å². The second-order valence-electron chi connectivity index (χ2n) is 8.59. The van der Waals surface area contributed by atoms with Gasteiger partial charge >= 0.3 is 0 Å². The number of rotatable bonds is 15. The third-order valence-corrected chi connectivity index (χ3v) is 5.80. The molecule has 1 atom stereocenters. The number of unbranched alkanes of at least 4 members (excludes halogenated alkanes) is 1. The number of nitrogens with one attached hydrogen (secondary N) is 2. The number of carbonyl (C=O) groups is 2. The van der Waals surface area contributed by atoms with Gasteiger partial charge < -0.3 is 20.5 Å². The lowest BCUT2D eigenvalue weighted by Crippen LogP contribution is -2.66. The molecule has 0 radical (unpaired) electrons. The first kappa shape index (κ1) is 26.9. The maximum absolute atomic E-state index is 13.5. The van der Waals surface area contributed by atoms with Gasteiger partial charge in [0.05, 0.1) is 19.8 Å². The molecule has 7 heteroatoms. The Kier molecular flexibility index (Phi) is 10.5. The number of ether oxygens (including phenoxy) is 2. The number of carbonyl (C=O) groups excluding carboxylic acids is 2. The highest BCUT2D eigenvalue weighted by Gasteiger charge is 2.44. The highest BCUT2D eigenvalue weighted by atomic mass is 16.5. The Hall–Kier alpha value is -3.68. The third-order valence-electron chi connectivity index (χ3n) is 5.80. The summed E-state index contributed by atoms with van der Waals surface area (Å²) in [5.74, 6) is -0.661. The minimum absolute atomic E-state index is 0.212. The van der Waals surface area contributed by atoms with Crippen LogP contribution in [0.1, 0.15) is 30.9 Å². The minimum atomic E-state index is -1.75. The minimum Gasteiger partial charge on any atom is -0.494 e. The molecule has 3 aromatic rings. The molecule has 0 aromatic heterocycles. The molecule has 3 rings (SSSR count). The Labute approximate surface area is 213 Å². The van der Waals surface area contributed by atoms with E-state index in [0.29, 0.717) is 25.3 Å². The van der Waals surface area contributed by atoms with Crippen LogP contribution in [0.15, 0.2) is 84.9 Å². The topological polar surface area (TPSA) is 103 Å². The SMILES string of the molecule is CCCCOc1ccc(NC(=O)[C@@](COCc2ccccc2)(NCCc2ccccc2)C(N)=O)cc1. The van der Waals surface area contributed by atoms with Crippen molar-refractivity contribution in [2.75, 3.05) is 25.1 Å².